The molecule has 0 saturated heterocycles. The van der Waals surface area contributed by atoms with Crippen LogP contribution in [0, 0.1) is 41.5 Å². The van der Waals surface area contributed by atoms with Gasteiger partial charge >= 0.3 is 0 Å². The van der Waals surface area contributed by atoms with E-state index in [2.05, 4.69) is 247 Å². The van der Waals surface area contributed by atoms with Crippen LogP contribution in [0.1, 0.15) is 59.7 Å². The van der Waals surface area contributed by atoms with Crippen LogP contribution in [0.3, 0.4) is 0 Å². The van der Waals surface area contributed by atoms with E-state index in [-0.39, 0.29) is 5.41 Å². The van der Waals surface area contributed by atoms with Gasteiger partial charge < -0.3 is 14.7 Å². The van der Waals surface area contributed by atoms with Gasteiger partial charge in [-0.2, -0.15) is 0 Å². The molecule has 1 aliphatic heterocycles. The first-order valence-corrected chi connectivity index (χ1v) is 23.0. The largest absolute Gasteiger partial charge is 0.310 e. The molecule has 0 atom stereocenters. The van der Waals surface area contributed by atoms with Gasteiger partial charge in [-0.3, -0.25) is 0 Å². The highest BCUT2D eigenvalue weighted by atomic mass is 15.2. The summed E-state index contributed by atoms with van der Waals surface area (Å²) in [6.07, 6.45) is 0. The van der Waals surface area contributed by atoms with Gasteiger partial charge in [0.15, 0.2) is 0 Å². The zero-order valence-corrected chi connectivity index (χ0v) is 39.0. The van der Waals surface area contributed by atoms with E-state index >= 15 is 0 Å². The average molecular weight is 842 g/mol. The minimum absolute atomic E-state index is 0.0109. The fourth-order valence-corrected chi connectivity index (χ4v) is 10.9. The third kappa shape index (κ3) is 6.72. The van der Waals surface area contributed by atoms with Crippen molar-refractivity contribution >= 4 is 83.5 Å². The van der Waals surface area contributed by atoms with E-state index in [0.717, 1.165) is 39.8 Å². The van der Waals surface area contributed by atoms with Crippen LogP contribution in [0.25, 0.3) is 43.4 Å². The molecule has 3 nitrogen and oxygen atoms in total. The van der Waals surface area contributed by atoms with Crippen molar-refractivity contribution in [3.05, 3.63) is 209 Å². The predicted octanol–water partition coefficient (Wildman–Crippen LogP) is 18.1. The molecular formula is C62H55N3. The van der Waals surface area contributed by atoms with Crippen LogP contribution in [0.4, 0.5) is 51.2 Å². The summed E-state index contributed by atoms with van der Waals surface area (Å²) < 4.78 is 0. The molecule has 11 rings (SSSR count). The molecule has 0 N–H and O–H groups in total. The number of anilines is 9. The molecule has 6 bridgehead atoms. The molecule has 318 valence electrons. The molecule has 10 aromatic rings. The van der Waals surface area contributed by atoms with Gasteiger partial charge in [-0.25, -0.2) is 0 Å². The Hall–Kier alpha value is -7.36. The van der Waals surface area contributed by atoms with Crippen molar-refractivity contribution in [1.29, 1.82) is 0 Å². The summed E-state index contributed by atoms with van der Waals surface area (Å²) in [4.78, 5) is 7.54. The molecular weight excluding hydrogens is 787 g/mol. The van der Waals surface area contributed by atoms with Crippen molar-refractivity contribution in [2.24, 2.45) is 0 Å². The van der Waals surface area contributed by atoms with Gasteiger partial charge in [-0.05, 0) is 157 Å². The molecule has 10 aromatic carbocycles. The second-order valence-electron chi connectivity index (χ2n) is 19.5. The van der Waals surface area contributed by atoms with Crippen LogP contribution < -0.4 is 14.7 Å². The zero-order chi connectivity index (χ0) is 44.9. The van der Waals surface area contributed by atoms with Crippen molar-refractivity contribution in [3.8, 4) is 11.1 Å². The average Bonchev–Trinajstić information content (AvgIpc) is 3.28. The van der Waals surface area contributed by atoms with Gasteiger partial charge in [0.05, 0.1) is 22.7 Å². The number of aryl methyl sites for hydroxylation is 6. The van der Waals surface area contributed by atoms with Crippen molar-refractivity contribution in [2.75, 3.05) is 14.7 Å². The summed E-state index contributed by atoms with van der Waals surface area (Å²) >= 11 is 0. The van der Waals surface area contributed by atoms with E-state index in [1.54, 1.807) is 0 Å². The van der Waals surface area contributed by atoms with Gasteiger partial charge in [-0.15, -0.1) is 0 Å². The zero-order valence-electron chi connectivity index (χ0n) is 39.0. The molecule has 0 saturated carbocycles. The number of rotatable bonds is 4. The molecule has 0 fully saturated rings. The van der Waals surface area contributed by atoms with Gasteiger partial charge in [0.25, 0.3) is 0 Å². The van der Waals surface area contributed by atoms with Crippen molar-refractivity contribution in [3.63, 3.8) is 0 Å². The summed E-state index contributed by atoms with van der Waals surface area (Å²) in [5.74, 6) is 0. The molecule has 1 heterocycles. The van der Waals surface area contributed by atoms with Crippen LogP contribution in [0.5, 0.6) is 0 Å². The van der Waals surface area contributed by atoms with Crippen molar-refractivity contribution < 1.29 is 0 Å². The standard InChI is InChI=1S/C62H55N3/c1-38-29-40(3)60(41(4)30-38)64-52-19-13-17-50(35-52)63(49-25-21-45(22-26-49)44-15-11-10-12-16-44)51-18-14-20-53(36-51)65(61-42(5)31-39(2)32-43(61)6)57-37-56(64)54-27-23-46-33-48(62(7,8)9)34-47-24-28-55(57)59(54)58(46)47/h10-37H,1-9H3. The molecule has 65 heavy (non-hydrogen) atoms. The van der Waals surface area contributed by atoms with Gasteiger partial charge in [0, 0.05) is 44.6 Å². The van der Waals surface area contributed by atoms with E-state index in [9.17, 15) is 0 Å². The fraction of sp³-hybridized carbons (Fsp3) is 0.161. The lowest BCUT2D eigenvalue weighted by molar-refractivity contribution is 0.591. The Labute approximate surface area is 384 Å². The molecule has 0 unspecified atom stereocenters. The van der Waals surface area contributed by atoms with Gasteiger partial charge in [0.1, 0.15) is 0 Å². The lowest BCUT2D eigenvalue weighted by Crippen LogP contribution is -2.19. The van der Waals surface area contributed by atoms with E-state index in [1.165, 1.54) is 93.8 Å². The van der Waals surface area contributed by atoms with E-state index in [1.807, 2.05) is 0 Å². The Morgan fingerprint density at radius 2 is 0.769 bits per heavy atom. The molecule has 0 amide bonds. The maximum absolute atomic E-state index is 2.56. The first kappa shape index (κ1) is 40.4. The topological polar surface area (TPSA) is 9.72 Å². The summed E-state index contributed by atoms with van der Waals surface area (Å²) in [6.45, 7) is 20.5. The maximum atomic E-state index is 2.56. The number of benzene rings is 10. The second kappa shape index (κ2) is 15.1. The number of nitrogens with zero attached hydrogens (tertiary/aromatic N) is 3. The maximum Gasteiger partial charge on any atom is 0.0561 e. The van der Waals surface area contributed by atoms with Gasteiger partial charge in [-0.1, -0.05) is 147 Å². The molecule has 0 aliphatic carbocycles. The number of hydrogen-bond donors (Lipinski definition) is 0. The molecule has 0 spiro atoms. The monoisotopic (exact) mass is 841 g/mol. The van der Waals surface area contributed by atoms with Crippen LogP contribution in [0.15, 0.2) is 170 Å². The van der Waals surface area contributed by atoms with E-state index in [0.29, 0.717) is 0 Å². The third-order valence-electron chi connectivity index (χ3n) is 13.7. The van der Waals surface area contributed by atoms with Crippen LogP contribution in [-0.4, -0.2) is 0 Å². The number of hydrogen-bond acceptors (Lipinski definition) is 3. The Morgan fingerprint density at radius 1 is 0.338 bits per heavy atom. The van der Waals surface area contributed by atoms with Crippen LogP contribution >= 0.6 is 0 Å². The minimum Gasteiger partial charge on any atom is -0.310 e. The third-order valence-corrected chi connectivity index (χ3v) is 13.7. The smallest absolute Gasteiger partial charge is 0.0561 e. The first-order chi connectivity index (χ1) is 31.3. The minimum atomic E-state index is 0.0109. The molecule has 0 aromatic heterocycles. The van der Waals surface area contributed by atoms with Crippen molar-refractivity contribution in [2.45, 2.75) is 67.7 Å². The fourth-order valence-electron chi connectivity index (χ4n) is 10.9. The number of fused-ring (bicyclic) bond motifs is 8. The highest BCUT2D eigenvalue weighted by Crippen LogP contribution is 2.54. The summed E-state index contributed by atoms with van der Waals surface area (Å²) in [6, 6.07) is 64.2. The SMILES string of the molecule is Cc1cc(C)c(N2c3cccc(c3)N(c3ccc(-c4ccccc4)cc3)c3cccc(c3)N(c3c(C)cc(C)cc3C)c3cc2c2ccc4cc(C(C)(C)C)cc5ccc3c2c45)c(C)c1. The summed E-state index contributed by atoms with van der Waals surface area (Å²) in [5.41, 5.74) is 21.4. The normalized spacial score (nSPS) is 12.9. The molecule has 3 heteroatoms. The van der Waals surface area contributed by atoms with Gasteiger partial charge in [0.2, 0.25) is 0 Å². The summed E-state index contributed by atoms with van der Waals surface area (Å²) in [7, 11) is 0. The van der Waals surface area contributed by atoms with Crippen LogP contribution in [-0.2, 0) is 5.41 Å². The molecule has 0 radical (unpaired) electrons. The second-order valence-corrected chi connectivity index (χ2v) is 19.5. The van der Waals surface area contributed by atoms with Crippen molar-refractivity contribution in [1.82, 2.24) is 0 Å². The first-order valence-electron chi connectivity index (χ1n) is 23.0. The molecule has 1 aliphatic rings. The Bertz CT molecular complexity index is 3260. The van der Waals surface area contributed by atoms with E-state index < -0.39 is 0 Å². The highest BCUT2D eigenvalue weighted by Gasteiger charge is 2.29. The van der Waals surface area contributed by atoms with Crippen LogP contribution in [0.2, 0.25) is 0 Å². The Morgan fingerprint density at radius 3 is 1.22 bits per heavy atom. The Balaban J connectivity index is 1.30. The lowest BCUT2D eigenvalue weighted by atomic mass is 9.83. The lowest BCUT2D eigenvalue weighted by Gasteiger charge is -2.36. The predicted molar refractivity (Wildman–Crippen MR) is 280 cm³/mol. The quantitative estimate of drug-likeness (QED) is 0.163. The summed E-state index contributed by atoms with van der Waals surface area (Å²) in [5, 5.41) is 7.60. The van der Waals surface area contributed by atoms with E-state index in [4.69, 9.17) is 0 Å². The Kier molecular flexibility index (Phi) is 9.41. The highest BCUT2D eigenvalue weighted by molar-refractivity contribution is 6.29.